The second-order valence-electron chi connectivity index (χ2n) is 2.79. The fourth-order valence-electron chi connectivity index (χ4n) is 1.02. The number of ketones is 1. The van der Waals surface area contributed by atoms with Crippen LogP contribution in [0.25, 0.3) is 0 Å². The molecule has 0 aliphatic rings. The summed E-state index contributed by atoms with van der Waals surface area (Å²) in [6, 6.07) is 2.69. The van der Waals surface area contributed by atoms with Crippen LogP contribution < -0.4 is 4.74 Å². The maximum Gasteiger partial charge on any atom is 0.573 e. The number of carbonyl (C=O) groups excluding carboxylic acids is 1. The average molecular weight is 255 g/mol. The highest BCUT2D eigenvalue weighted by molar-refractivity contribution is 6.30. The highest BCUT2D eigenvalue weighted by atomic mass is 35.5. The van der Waals surface area contributed by atoms with Crippen molar-refractivity contribution in [3.8, 4) is 11.5 Å². The Balaban J connectivity index is 3.13. The smallest absolute Gasteiger partial charge is 0.508 e. The molecule has 1 rings (SSSR count). The van der Waals surface area contributed by atoms with E-state index in [2.05, 4.69) is 4.74 Å². The summed E-state index contributed by atoms with van der Waals surface area (Å²) in [5.74, 6) is -2.30. The van der Waals surface area contributed by atoms with Crippen LogP contribution >= 0.6 is 11.6 Å². The Kier molecular flexibility index (Phi) is 3.64. The van der Waals surface area contributed by atoms with Gasteiger partial charge in [-0.05, 0) is 18.2 Å². The van der Waals surface area contributed by atoms with E-state index in [9.17, 15) is 18.0 Å². The number of benzene rings is 1. The van der Waals surface area contributed by atoms with Crippen molar-refractivity contribution in [3.63, 3.8) is 0 Å². The fraction of sp³-hybridized carbons (Fsp3) is 0.222. The van der Waals surface area contributed by atoms with Crippen molar-refractivity contribution in [3.05, 3.63) is 23.8 Å². The van der Waals surface area contributed by atoms with Gasteiger partial charge in [0.2, 0.25) is 0 Å². The van der Waals surface area contributed by atoms with Crippen molar-refractivity contribution in [2.45, 2.75) is 6.36 Å². The zero-order chi connectivity index (χ0) is 12.3. The number of ether oxygens (including phenoxy) is 1. The third-order valence-electron chi connectivity index (χ3n) is 1.61. The molecule has 1 aromatic carbocycles. The number of hydrogen-bond donors (Lipinski definition) is 1. The molecule has 16 heavy (non-hydrogen) atoms. The lowest BCUT2D eigenvalue weighted by atomic mass is 10.1. The predicted octanol–water partition coefficient (Wildman–Crippen LogP) is 2.71. The van der Waals surface area contributed by atoms with Crippen LogP contribution in [0, 0.1) is 0 Å². The van der Waals surface area contributed by atoms with Gasteiger partial charge in [0.15, 0.2) is 5.78 Å². The molecule has 7 heteroatoms. The summed E-state index contributed by atoms with van der Waals surface area (Å²) >= 11 is 5.21. The van der Waals surface area contributed by atoms with E-state index in [1.165, 1.54) is 0 Å². The first-order valence-electron chi connectivity index (χ1n) is 4.01. The van der Waals surface area contributed by atoms with Crippen LogP contribution in [-0.4, -0.2) is 23.1 Å². The predicted molar refractivity (Wildman–Crippen MR) is 49.8 cm³/mol. The Hall–Kier alpha value is -1.43. The maximum atomic E-state index is 12.0. The number of phenolic OH excluding ortho intramolecular Hbond substituents is 1. The molecule has 0 saturated carbocycles. The Morgan fingerprint density at radius 2 is 2.06 bits per heavy atom. The minimum Gasteiger partial charge on any atom is -0.508 e. The van der Waals surface area contributed by atoms with Crippen LogP contribution in [0.15, 0.2) is 18.2 Å². The normalized spacial score (nSPS) is 11.2. The van der Waals surface area contributed by atoms with E-state index >= 15 is 0 Å². The van der Waals surface area contributed by atoms with Crippen molar-refractivity contribution >= 4 is 17.4 Å². The third-order valence-corrected chi connectivity index (χ3v) is 1.85. The molecule has 0 aromatic heterocycles. The van der Waals surface area contributed by atoms with E-state index in [0.29, 0.717) is 0 Å². The molecule has 0 saturated heterocycles. The van der Waals surface area contributed by atoms with Crippen LogP contribution in [0.3, 0.4) is 0 Å². The van der Waals surface area contributed by atoms with Gasteiger partial charge in [0.1, 0.15) is 11.5 Å². The molecular formula is C9H6ClF3O3. The summed E-state index contributed by atoms with van der Waals surface area (Å²) in [6.45, 7) is 0. The van der Waals surface area contributed by atoms with Gasteiger partial charge in [-0.2, -0.15) is 0 Å². The van der Waals surface area contributed by atoms with E-state index in [4.69, 9.17) is 16.7 Å². The number of halogens is 4. The number of rotatable bonds is 3. The van der Waals surface area contributed by atoms with Crippen molar-refractivity contribution < 1.29 is 27.8 Å². The summed E-state index contributed by atoms with van der Waals surface area (Å²) in [7, 11) is 0. The van der Waals surface area contributed by atoms with Gasteiger partial charge >= 0.3 is 6.36 Å². The number of alkyl halides is 4. The Labute approximate surface area is 93.4 Å². The molecule has 3 nitrogen and oxygen atoms in total. The van der Waals surface area contributed by atoms with Gasteiger partial charge in [0.05, 0.1) is 11.4 Å². The molecule has 0 atom stereocenters. The van der Waals surface area contributed by atoms with E-state index in [1.54, 1.807) is 0 Å². The van der Waals surface area contributed by atoms with Gasteiger partial charge in [-0.15, -0.1) is 24.8 Å². The highest BCUT2D eigenvalue weighted by Gasteiger charge is 2.32. The molecule has 0 heterocycles. The summed E-state index contributed by atoms with van der Waals surface area (Å²) in [5, 5.41) is 9.05. The monoisotopic (exact) mass is 254 g/mol. The number of carbonyl (C=O) groups is 1. The molecule has 0 spiro atoms. The van der Waals surface area contributed by atoms with Crippen LogP contribution in [0.1, 0.15) is 10.4 Å². The van der Waals surface area contributed by atoms with Crippen molar-refractivity contribution in [1.29, 1.82) is 0 Å². The van der Waals surface area contributed by atoms with Gasteiger partial charge in [-0.1, -0.05) is 0 Å². The molecule has 88 valence electrons. The summed E-state index contributed by atoms with van der Waals surface area (Å²) in [6.07, 6.45) is -4.90. The zero-order valence-corrected chi connectivity index (χ0v) is 8.47. The second-order valence-corrected chi connectivity index (χ2v) is 3.05. The van der Waals surface area contributed by atoms with Crippen LogP contribution in [0.4, 0.5) is 13.2 Å². The lowest BCUT2D eigenvalue weighted by molar-refractivity contribution is -0.274. The molecule has 0 bridgehead atoms. The number of aromatic hydroxyl groups is 1. The Bertz CT molecular complexity index is 403. The highest BCUT2D eigenvalue weighted by Crippen LogP contribution is 2.29. The third kappa shape index (κ3) is 3.30. The minimum absolute atomic E-state index is 0.344. The molecule has 0 aliphatic heterocycles. The average Bonchev–Trinajstić information content (AvgIpc) is 2.17. The number of hydrogen-bond acceptors (Lipinski definition) is 3. The SMILES string of the molecule is O=C(CCl)c1cc(O)ccc1OC(F)(F)F. The van der Waals surface area contributed by atoms with E-state index < -0.39 is 29.3 Å². The molecule has 0 amide bonds. The van der Waals surface area contributed by atoms with Crippen molar-refractivity contribution in [1.82, 2.24) is 0 Å². The minimum atomic E-state index is -4.90. The van der Waals surface area contributed by atoms with Crippen molar-refractivity contribution in [2.75, 3.05) is 5.88 Å². The summed E-state index contributed by atoms with van der Waals surface area (Å²) in [5.41, 5.74) is -0.410. The van der Waals surface area contributed by atoms with Crippen LogP contribution in [0.2, 0.25) is 0 Å². The second kappa shape index (κ2) is 4.61. The standard InChI is InChI=1S/C9H6ClF3O3/c10-4-7(15)6-3-5(14)1-2-8(6)16-9(11,12)13/h1-3,14H,4H2. The summed E-state index contributed by atoms with van der Waals surface area (Å²) in [4.78, 5) is 11.2. The largest absolute Gasteiger partial charge is 0.573 e. The number of phenols is 1. The first-order chi connectivity index (χ1) is 7.33. The number of Topliss-reactive ketones (excluding diaryl/α,β-unsaturated/α-hetero) is 1. The molecule has 0 aliphatic carbocycles. The van der Waals surface area contributed by atoms with E-state index in [1.807, 2.05) is 0 Å². The van der Waals surface area contributed by atoms with Gasteiger partial charge in [0.25, 0.3) is 0 Å². The maximum absolute atomic E-state index is 12.0. The van der Waals surface area contributed by atoms with Gasteiger partial charge in [0, 0.05) is 0 Å². The Morgan fingerprint density at radius 3 is 2.56 bits per heavy atom. The van der Waals surface area contributed by atoms with E-state index in [-0.39, 0.29) is 5.75 Å². The topological polar surface area (TPSA) is 46.5 Å². The fourth-order valence-corrected chi connectivity index (χ4v) is 1.17. The van der Waals surface area contributed by atoms with Crippen molar-refractivity contribution in [2.24, 2.45) is 0 Å². The van der Waals surface area contributed by atoms with E-state index in [0.717, 1.165) is 18.2 Å². The molecule has 1 N–H and O–H groups in total. The quantitative estimate of drug-likeness (QED) is 0.666. The molecule has 0 radical (unpaired) electrons. The summed E-state index contributed by atoms with van der Waals surface area (Å²) < 4.78 is 39.5. The van der Waals surface area contributed by atoms with Gasteiger partial charge in [-0.25, -0.2) is 0 Å². The van der Waals surface area contributed by atoms with Crippen LogP contribution in [-0.2, 0) is 0 Å². The Morgan fingerprint density at radius 1 is 1.44 bits per heavy atom. The molecule has 1 aromatic rings. The van der Waals surface area contributed by atoms with Gasteiger partial charge < -0.3 is 9.84 Å². The molecular weight excluding hydrogens is 249 g/mol. The lowest BCUT2D eigenvalue weighted by Gasteiger charge is -2.12. The first kappa shape index (κ1) is 12.6. The molecule has 0 unspecified atom stereocenters. The lowest BCUT2D eigenvalue weighted by Crippen LogP contribution is -2.19. The zero-order valence-electron chi connectivity index (χ0n) is 7.71. The van der Waals surface area contributed by atoms with Gasteiger partial charge in [-0.3, -0.25) is 4.79 Å². The molecule has 0 fully saturated rings. The first-order valence-corrected chi connectivity index (χ1v) is 4.55. The van der Waals surface area contributed by atoms with Crippen LogP contribution in [0.5, 0.6) is 11.5 Å².